The summed E-state index contributed by atoms with van der Waals surface area (Å²) in [6.07, 6.45) is 0.433. The molecule has 1 heterocycles. The van der Waals surface area contributed by atoms with Gasteiger partial charge in [-0.05, 0) is 37.6 Å². The minimum absolute atomic E-state index is 0. The predicted molar refractivity (Wildman–Crippen MR) is 87.9 cm³/mol. The molecule has 1 atom stereocenters. The monoisotopic (exact) mass is 420 g/mol. The molecule has 0 spiro atoms. The van der Waals surface area contributed by atoms with Gasteiger partial charge in [0, 0.05) is 19.6 Å². The number of hydrogen-bond acceptors (Lipinski definition) is 2. The Morgan fingerprint density at radius 1 is 1.24 bits per heavy atom. The lowest BCUT2D eigenvalue weighted by Crippen LogP contribution is -2.37. The molecule has 4 nitrogen and oxygen atoms in total. The highest BCUT2D eigenvalue weighted by atomic mass is 127. The average Bonchev–Trinajstić information content (AvgIpc) is 2.69. The van der Waals surface area contributed by atoms with Crippen LogP contribution in [0.1, 0.15) is 25.7 Å². The third-order valence-corrected chi connectivity index (χ3v) is 4.09. The standard InChI is InChI=1S/C13H23F3N4.HI/c14-13(15,16)9-20-5-4-11(8-20)7-19-12(17)18-6-10-2-1-3-10;/h10-11H,1-9H2,(H3,17,18,19);1H. The van der Waals surface area contributed by atoms with E-state index in [2.05, 4.69) is 10.3 Å². The van der Waals surface area contributed by atoms with Crippen LogP contribution in [0.2, 0.25) is 0 Å². The lowest BCUT2D eigenvalue weighted by Gasteiger charge is -2.25. The Balaban J connectivity index is 0.00000220. The molecule has 1 saturated carbocycles. The summed E-state index contributed by atoms with van der Waals surface area (Å²) in [7, 11) is 0. The molecular weight excluding hydrogens is 396 g/mol. The molecule has 1 aliphatic heterocycles. The molecule has 2 fully saturated rings. The van der Waals surface area contributed by atoms with E-state index in [1.807, 2.05) is 0 Å². The van der Waals surface area contributed by atoms with Crippen LogP contribution in [0.4, 0.5) is 13.2 Å². The third-order valence-electron chi connectivity index (χ3n) is 4.09. The highest BCUT2D eigenvalue weighted by molar-refractivity contribution is 14.0. The van der Waals surface area contributed by atoms with Gasteiger partial charge in [-0.25, -0.2) is 0 Å². The summed E-state index contributed by atoms with van der Waals surface area (Å²) in [5, 5.41) is 3.09. The lowest BCUT2D eigenvalue weighted by molar-refractivity contribution is -0.143. The zero-order valence-electron chi connectivity index (χ0n) is 12.0. The minimum Gasteiger partial charge on any atom is -0.370 e. The molecule has 0 aromatic rings. The van der Waals surface area contributed by atoms with Crippen molar-refractivity contribution in [3.05, 3.63) is 0 Å². The number of alkyl halides is 3. The predicted octanol–water partition coefficient (Wildman–Crippen LogP) is 2.19. The molecule has 1 unspecified atom stereocenters. The largest absolute Gasteiger partial charge is 0.401 e. The maximum absolute atomic E-state index is 12.3. The van der Waals surface area contributed by atoms with Crippen molar-refractivity contribution >= 4 is 29.9 Å². The maximum atomic E-state index is 12.3. The van der Waals surface area contributed by atoms with E-state index in [1.165, 1.54) is 24.2 Å². The highest BCUT2D eigenvalue weighted by Gasteiger charge is 2.34. The van der Waals surface area contributed by atoms with Gasteiger partial charge in [0.2, 0.25) is 0 Å². The van der Waals surface area contributed by atoms with Gasteiger partial charge in [-0.1, -0.05) is 6.42 Å². The SMILES string of the molecule is I.NC(=NCC1CCN(CC(F)(F)F)C1)NCC1CCC1. The summed E-state index contributed by atoms with van der Waals surface area (Å²) in [5.74, 6) is 1.31. The molecule has 8 heteroatoms. The zero-order chi connectivity index (χ0) is 14.6. The van der Waals surface area contributed by atoms with Gasteiger partial charge in [0.05, 0.1) is 6.54 Å². The van der Waals surface area contributed by atoms with Gasteiger partial charge in [0.1, 0.15) is 0 Å². The van der Waals surface area contributed by atoms with Crippen LogP contribution < -0.4 is 11.1 Å². The quantitative estimate of drug-likeness (QED) is 0.408. The molecule has 124 valence electrons. The first-order valence-electron chi connectivity index (χ1n) is 7.25. The normalized spacial score (nSPS) is 24.5. The Bertz CT molecular complexity index is 345. The first-order valence-corrected chi connectivity index (χ1v) is 7.25. The first kappa shape index (κ1) is 18.8. The summed E-state index contributed by atoms with van der Waals surface area (Å²) >= 11 is 0. The Morgan fingerprint density at radius 2 is 1.95 bits per heavy atom. The molecular formula is C13H24F3IN4. The van der Waals surface area contributed by atoms with E-state index in [0.29, 0.717) is 31.5 Å². The van der Waals surface area contributed by atoms with E-state index in [9.17, 15) is 13.2 Å². The number of nitrogens with zero attached hydrogens (tertiary/aromatic N) is 2. The van der Waals surface area contributed by atoms with Gasteiger partial charge >= 0.3 is 6.18 Å². The second-order valence-corrected chi connectivity index (χ2v) is 5.91. The maximum Gasteiger partial charge on any atom is 0.401 e. The Labute approximate surface area is 140 Å². The Kier molecular flexibility index (Phi) is 7.52. The summed E-state index contributed by atoms with van der Waals surface area (Å²) < 4.78 is 36.8. The Hall–Kier alpha value is -0.250. The number of halogens is 4. The van der Waals surface area contributed by atoms with E-state index >= 15 is 0 Å². The van der Waals surface area contributed by atoms with Gasteiger partial charge in [-0.15, -0.1) is 24.0 Å². The van der Waals surface area contributed by atoms with E-state index in [0.717, 1.165) is 13.0 Å². The van der Waals surface area contributed by atoms with Crippen LogP contribution in [0, 0.1) is 11.8 Å². The third kappa shape index (κ3) is 7.03. The van der Waals surface area contributed by atoms with Crippen molar-refractivity contribution in [2.45, 2.75) is 31.9 Å². The number of rotatable bonds is 5. The van der Waals surface area contributed by atoms with Crippen molar-refractivity contribution in [1.29, 1.82) is 0 Å². The number of nitrogens with two attached hydrogens (primary N) is 1. The van der Waals surface area contributed by atoms with E-state index in [1.54, 1.807) is 0 Å². The molecule has 3 N–H and O–H groups in total. The van der Waals surface area contributed by atoms with Gasteiger partial charge in [0.15, 0.2) is 5.96 Å². The highest BCUT2D eigenvalue weighted by Crippen LogP contribution is 2.25. The molecule has 2 rings (SSSR count). The fourth-order valence-corrected chi connectivity index (χ4v) is 2.69. The van der Waals surface area contributed by atoms with Gasteiger partial charge < -0.3 is 11.1 Å². The second kappa shape index (κ2) is 8.40. The van der Waals surface area contributed by atoms with Crippen LogP contribution in [0.15, 0.2) is 4.99 Å². The van der Waals surface area contributed by atoms with E-state index in [4.69, 9.17) is 5.73 Å². The number of aliphatic imine (C=N–C) groups is 1. The minimum atomic E-state index is -4.11. The first-order chi connectivity index (χ1) is 9.42. The fraction of sp³-hybridized carbons (Fsp3) is 0.923. The summed E-state index contributed by atoms with van der Waals surface area (Å²) in [6.45, 7) is 1.51. The molecule has 1 saturated heterocycles. The van der Waals surface area contributed by atoms with Crippen LogP contribution in [0.5, 0.6) is 0 Å². The van der Waals surface area contributed by atoms with E-state index in [-0.39, 0.29) is 29.9 Å². The summed E-state index contributed by atoms with van der Waals surface area (Å²) in [6, 6.07) is 0. The molecule has 0 amide bonds. The zero-order valence-corrected chi connectivity index (χ0v) is 14.4. The van der Waals surface area contributed by atoms with Crippen LogP contribution in [-0.2, 0) is 0 Å². The van der Waals surface area contributed by atoms with Gasteiger partial charge in [-0.2, -0.15) is 13.2 Å². The van der Waals surface area contributed by atoms with E-state index < -0.39 is 12.7 Å². The van der Waals surface area contributed by atoms with Crippen LogP contribution in [0.25, 0.3) is 0 Å². The molecule has 2 aliphatic rings. The summed E-state index contributed by atoms with van der Waals surface area (Å²) in [5.41, 5.74) is 5.76. The average molecular weight is 420 g/mol. The van der Waals surface area contributed by atoms with Crippen molar-refractivity contribution < 1.29 is 13.2 Å². The molecule has 0 aromatic heterocycles. The fourth-order valence-electron chi connectivity index (χ4n) is 2.69. The smallest absolute Gasteiger partial charge is 0.370 e. The molecule has 0 aromatic carbocycles. The molecule has 0 radical (unpaired) electrons. The lowest BCUT2D eigenvalue weighted by atomic mass is 9.85. The Morgan fingerprint density at radius 3 is 2.52 bits per heavy atom. The number of guanidine groups is 1. The van der Waals surface area contributed by atoms with Gasteiger partial charge in [0.25, 0.3) is 0 Å². The van der Waals surface area contributed by atoms with Crippen LogP contribution in [0.3, 0.4) is 0 Å². The number of nitrogens with one attached hydrogen (secondary N) is 1. The second-order valence-electron chi connectivity index (χ2n) is 5.91. The van der Waals surface area contributed by atoms with Crippen molar-refractivity contribution in [2.24, 2.45) is 22.6 Å². The van der Waals surface area contributed by atoms with Crippen molar-refractivity contribution in [2.75, 3.05) is 32.7 Å². The van der Waals surface area contributed by atoms with Crippen LogP contribution >= 0.6 is 24.0 Å². The van der Waals surface area contributed by atoms with Crippen molar-refractivity contribution in [1.82, 2.24) is 10.2 Å². The van der Waals surface area contributed by atoms with Crippen molar-refractivity contribution in [3.63, 3.8) is 0 Å². The molecule has 0 bridgehead atoms. The molecule has 21 heavy (non-hydrogen) atoms. The number of hydrogen-bond donors (Lipinski definition) is 2. The number of likely N-dealkylation sites (tertiary alicyclic amines) is 1. The van der Waals surface area contributed by atoms with Crippen LogP contribution in [-0.4, -0.2) is 49.8 Å². The van der Waals surface area contributed by atoms with Gasteiger partial charge in [-0.3, -0.25) is 9.89 Å². The van der Waals surface area contributed by atoms with Crippen molar-refractivity contribution in [3.8, 4) is 0 Å². The molecule has 1 aliphatic carbocycles. The summed E-state index contributed by atoms with van der Waals surface area (Å²) in [4.78, 5) is 5.69. The topological polar surface area (TPSA) is 53.6 Å².